The molecule has 2 rings (SSSR count). The number of carbonyl (C=O) groups is 1. The Morgan fingerprint density at radius 1 is 1.42 bits per heavy atom. The van der Waals surface area contributed by atoms with Crippen molar-refractivity contribution in [2.24, 2.45) is 11.1 Å². The number of rotatable bonds is 3. The standard InChI is InChI=1S/C15H23N3O/c1-15(2)6-3-7-18(10-15)9-12-5-4-11(14(17)19)8-13(12)16/h4-5,8H,3,6-7,9-10,16H2,1-2H3,(H2,17,19). The molecule has 1 saturated heterocycles. The molecule has 0 atom stereocenters. The molecule has 1 heterocycles. The molecule has 1 aromatic rings. The summed E-state index contributed by atoms with van der Waals surface area (Å²) in [4.78, 5) is 13.5. The molecule has 4 heteroatoms. The number of hydrogen-bond acceptors (Lipinski definition) is 3. The second-order valence-electron chi connectivity index (χ2n) is 6.26. The lowest BCUT2D eigenvalue weighted by atomic mass is 9.84. The van der Waals surface area contributed by atoms with Crippen LogP contribution in [0.1, 0.15) is 42.6 Å². The van der Waals surface area contributed by atoms with Crippen LogP contribution in [0.2, 0.25) is 0 Å². The van der Waals surface area contributed by atoms with E-state index in [2.05, 4.69) is 18.7 Å². The van der Waals surface area contributed by atoms with Crippen molar-refractivity contribution in [3.05, 3.63) is 29.3 Å². The lowest BCUT2D eigenvalue weighted by Crippen LogP contribution is -2.39. The van der Waals surface area contributed by atoms with Gasteiger partial charge in [-0.05, 0) is 42.5 Å². The van der Waals surface area contributed by atoms with Crippen molar-refractivity contribution in [1.29, 1.82) is 0 Å². The minimum absolute atomic E-state index is 0.375. The maximum Gasteiger partial charge on any atom is 0.248 e. The van der Waals surface area contributed by atoms with E-state index in [1.165, 1.54) is 12.8 Å². The number of anilines is 1. The predicted molar refractivity (Wildman–Crippen MR) is 77.7 cm³/mol. The summed E-state index contributed by atoms with van der Waals surface area (Å²) in [6.07, 6.45) is 2.51. The fourth-order valence-corrected chi connectivity index (χ4v) is 2.81. The molecule has 1 aliphatic heterocycles. The summed E-state index contributed by atoms with van der Waals surface area (Å²) in [5.41, 5.74) is 13.8. The minimum atomic E-state index is -0.433. The Morgan fingerprint density at radius 2 is 2.16 bits per heavy atom. The molecule has 4 nitrogen and oxygen atoms in total. The topological polar surface area (TPSA) is 72.3 Å². The number of likely N-dealkylation sites (tertiary alicyclic amines) is 1. The first kappa shape index (κ1) is 13.9. The van der Waals surface area contributed by atoms with E-state index in [9.17, 15) is 4.79 Å². The quantitative estimate of drug-likeness (QED) is 0.817. The molecule has 0 saturated carbocycles. The molecule has 1 aliphatic rings. The average Bonchev–Trinajstić information content (AvgIpc) is 2.30. The van der Waals surface area contributed by atoms with Gasteiger partial charge in [0.05, 0.1) is 0 Å². The Balaban J connectivity index is 2.09. The number of benzene rings is 1. The Bertz CT molecular complexity index is 482. The Hall–Kier alpha value is -1.55. The van der Waals surface area contributed by atoms with Gasteiger partial charge in [-0.1, -0.05) is 19.9 Å². The highest BCUT2D eigenvalue weighted by atomic mass is 16.1. The Morgan fingerprint density at radius 3 is 2.74 bits per heavy atom. The van der Waals surface area contributed by atoms with Gasteiger partial charge in [0, 0.05) is 24.3 Å². The second-order valence-corrected chi connectivity index (χ2v) is 6.26. The van der Waals surface area contributed by atoms with Crippen molar-refractivity contribution in [3.63, 3.8) is 0 Å². The number of piperidine rings is 1. The highest BCUT2D eigenvalue weighted by Crippen LogP contribution is 2.29. The molecule has 0 aromatic heterocycles. The van der Waals surface area contributed by atoms with Gasteiger partial charge in [-0.15, -0.1) is 0 Å². The normalized spacial score (nSPS) is 19.3. The van der Waals surface area contributed by atoms with Gasteiger partial charge < -0.3 is 11.5 Å². The van der Waals surface area contributed by atoms with E-state index in [1.807, 2.05) is 6.07 Å². The van der Waals surface area contributed by atoms with Crippen LogP contribution in [0.25, 0.3) is 0 Å². The fourth-order valence-electron chi connectivity index (χ4n) is 2.81. The van der Waals surface area contributed by atoms with E-state index in [-0.39, 0.29) is 0 Å². The zero-order valence-electron chi connectivity index (χ0n) is 11.8. The van der Waals surface area contributed by atoms with Gasteiger partial charge in [-0.25, -0.2) is 0 Å². The molecule has 0 aliphatic carbocycles. The summed E-state index contributed by atoms with van der Waals surface area (Å²) in [6, 6.07) is 5.34. The van der Waals surface area contributed by atoms with Gasteiger partial charge in [-0.2, -0.15) is 0 Å². The smallest absolute Gasteiger partial charge is 0.248 e. The first-order chi connectivity index (χ1) is 8.87. The van der Waals surface area contributed by atoms with Gasteiger partial charge in [-0.3, -0.25) is 9.69 Å². The predicted octanol–water partition coefficient (Wildman–Crippen LogP) is 1.99. The van der Waals surface area contributed by atoms with Gasteiger partial charge in [0.1, 0.15) is 0 Å². The summed E-state index contributed by atoms with van der Waals surface area (Å²) >= 11 is 0. The number of nitrogens with zero attached hydrogens (tertiary/aromatic N) is 1. The first-order valence-electron chi connectivity index (χ1n) is 6.78. The van der Waals surface area contributed by atoms with Crippen LogP contribution >= 0.6 is 0 Å². The van der Waals surface area contributed by atoms with Crippen LogP contribution in [-0.4, -0.2) is 23.9 Å². The Labute approximate surface area is 114 Å². The van der Waals surface area contributed by atoms with Gasteiger partial charge in [0.25, 0.3) is 0 Å². The van der Waals surface area contributed by atoms with Crippen LogP contribution < -0.4 is 11.5 Å². The average molecular weight is 261 g/mol. The molecular weight excluding hydrogens is 238 g/mol. The third-order valence-electron chi connectivity index (χ3n) is 3.80. The maximum absolute atomic E-state index is 11.1. The molecule has 0 unspecified atom stereocenters. The van der Waals surface area contributed by atoms with Crippen LogP contribution in [0.5, 0.6) is 0 Å². The summed E-state index contributed by atoms with van der Waals surface area (Å²) in [5, 5.41) is 0. The molecule has 1 fully saturated rings. The van der Waals surface area contributed by atoms with Gasteiger partial charge in [0.15, 0.2) is 0 Å². The summed E-state index contributed by atoms with van der Waals surface area (Å²) in [6.45, 7) is 7.65. The highest BCUT2D eigenvalue weighted by molar-refractivity contribution is 5.93. The number of nitrogens with two attached hydrogens (primary N) is 2. The van der Waals surface area contributed by atoms with Crippen molar-refractivity contribution >= 4 is 11.6 Å². The molecule has 1 aromatic carbocycles. The molecule has 19 heavy (non-hydrogen) atoms. The van der Waals surface area contributed by atoms with Crippen molar-refractivity contribution < 1.29 is 4.79 Å². The minimum Gasteiger partial charge on any atom is -0.398 e. The monoisotopic (exact) mass is 261 g/mol. The Kier molecular flexibility index (Phi) is 3.80. The number of nitrogen functional groups attached to an aromatic ring is 1. The van der Waals surface area contributed by atoms with Crippen molar-refractivity contribution in [2.45, 2.75) is 33.2 Å². The van der Waals surface area contributed by atoms with E-state index in [0.717, 1.165) is 25.2 Å². The molecule has 4 N–H and O–H groups in total. The molecular formula is C15H23N3O. The first-order valence-corrected chi connectivity index (χ1v) is 6.78. The second kappa shape index (κ2) is 5.21. The van der Waals surface area contributed by atoms with E-state index in [0.29, 0.717) is 16.7 Å². The van der Waals surface area contributed by atoms with Crippen LogP contribution in [0.15, 0.2) is 18.2 Å². The summed E-state index contributed by atoms with van der Waals surface area (Å²) < 4.78 is 0. The van der Waals surface area contributed by atoms with E-state index in [4.69, 9.17) is 11.5 Å². The number of primary amides is 1. The lowest BCUT2D eigenvalue weighted by molar-refractivity contribution is 0.100. The SMILES string of the molecule is CC1(C)CCCN(Cc2ccc(C(N)=O)cc2N)C1. The number of amides is 1. The van der Waals surface area contributed by atoms with E-state index >= 15 is 0 Å². The zero-order valence-corrected chi connectivity index (χ0v) is 11.8. The third kappa shape index (κ3) is 3.47. The van der Waals surface area contributed by atoms with E-state index < -0.39 is 5.91 Å². The van der Waals surface area contributed by atoms with E-state index in [1.54, 1.807) is 12.1 Å². The maximum atomic E-state index is 11.1. The third-order valence-corrected chi connectivity index (χ3v) is 3.80. The van der Waals surface area contributed by atoms with Gasteiger partial charge >= 0.3 is 0 Å². The zero-order chi connectivity index (χ0) is 14.0. The van der Waals surface area contributed by atoms with Crippen LogP contribution in [0.4, 0.5) is 5.69 Å². The van der Waals surface area contributed by atoms with Crippen molar-refractivity contribution in [1.82, 2.24) is 4.90 Å². The molecule has 1 amide bonds. The van der Waals surface area contributed by atoms with Crippen molar-refractivity contribution in [2.75, 3.05) is 18.8 Å². The molecule has 104 valence electrons. The number of hydrogen-bond donors (Lipinski definition) is 2. The van der Waals surface area contributed by atoms with Crippen molar-refractivity contribution in [3.8, 4) is 0 Å². The van der Waals surface area contributed by atoms with Crippen LogP contribution in [0.3, 0.4) is 0 Å². The number of carbonyl (C=O) groups excluding carboxylic acids is 1. The van der Waals surface area contributed by atoms with Crippen LogP contribution in [-0.2, 0) is 6.54 Å². The summed E-state index contributed by atoms with van der Waals surface area (Å²) in [7, 11) is 0. The van der Waals surface area contributed by atoms with Crippen LogP contribution in [0, 0.1) is 5.41 Å². The largest absolute Gasteiger partial charge is 0.398 e. The van der Waals surface area contributed by atoms with Gasteiger partial charge in [0.2, 0.25) is 5.91 Å². The molecule has 0 radical (unpaired) electrons. The highest BCUT2D eigenvalue weighted by Gasteiger charge is 2.26. The fraction of sp³-hybridized carbons (Fsp3) is 0.533. The lowest BCUT2D eigenvalue weighted by Gasteiger charge is -2.38. The molecule has 0 bridgehead atoms. The summed E-state index contributed by atoms with van der Waals surface area (Å²) in [5.74, 6) is -0.433. The molecule has 0 spiro atoms.